The minimum Gasteiger partial charge on any atom is -0.350 e. The molecule has 5 nitrogen and oxygen atoms in total. The molecule has 2 aromatic rings. The van der Waals surface area contributed by atoms with Gasteiger partial charge in [-0.3, -0.25) is 4.79 Å². The van der Waals surface area contributed by atoms with Crippen molar-refractivity contribution < 1.29 is 9.18 Å². The van der Waals surface area contributed by atoms with Gasteiger partial charge in [0.15, 0.2) is 5.69 Å². The molecule has 1 aliphatic carbocycles. The van der Waals surface area contributed by atoms with E-state index >= 15 is 0 Å². The number of carbonyl (C=O) groups is 1. The van der Waals surface area contributed by atoms with Gasteiger partial charge in [-0.2, -0.15) is 5.10 Å². The van der Waals surface area contributed by atoms with E-state index < -0.39 is 0 Å². The Bertz CT molecular complexity index is 824. The van der Waals surface area contributed by atoms with Crippen molar-refractivity contribution in [3.05, 3.63) is 47.0 Å². The number of aromatic nitrogens is 2. The topological polar surface area (TPSA) is 50.2 Å². The molecule has 0 bridgehead atoms. The minimum atomic E-state index is -0.269. The second kappa shape index (κ2) is 8.43. The first-order valence-electron chi connectivity index (χ1n) is 10.5. The Kier molecular flexibility index (Phi) is 5.76. The van der Waals surface area contributed by atoms with Gasteiger partial charge >= 0.3 is 0 Å². The molecular formula is C22H29FN4O. The Morgan fingerprint density at radius 1 is 1.14 bits per heavy atom. The number of nitrogens with zero attached hydrogens (tertiary/aromatic N) is 3. The summed E-state index contributed by atoms with van der Waals surface area (Å²) in [5, 5.41) is 7.74. The lowest BCUT2D eigenvalue weighted by Crippen LogP contribution is -2.35. The van der Waals surface area contributed by atoms with Crippen molar-refractivity contribution in [3.8, 4) is 5.69 Å². The van der Waals surface area contributed by atoms with Crippen LogP contribution in [-0.4, -0.2) is 46.8 Å². The van der Waals surface area contributed by atoms with Gasteiger partial charge in [0.25, 0.3) is 5.91 Å². The van der Waals surface area contributed by atoms with Gasteiger partial charge in [-0.25, -0.2) is 9.07 Å². The number of fused-ring (bicyclic) bond motifs is 1. The number of halogens is 1. The van der Waals surface area contributed by atoms with Crippen molar-refractivity contribution in [1.29, 1.82) is 0 Å². The molecule has 1 saturated heterocycles. The standard InChI is InChI=1S/C22H29FN4O/c1-16(15-26-12-4-5-13-26)14-24-22(28)21-19-6-2-3-7-20(19)27(25-21)18-10-8-17(23)9-11-18/h8-11,16H,2-7,12-15H2,1H3,(H,24,28). The van der Waals surface area contributed by atoms with Crippen LogP contribution >= 0.6 is 0 Å². The first-order valence-corrected chi connectivity index (χ1v) is 10.5. The largest absolute Gasteiger partial charge is 0.350 e. The summed E-state index contributed by atoms with van der Waals surface area (Å²) in [5.74, 6) is 0.0547. The van der Waals surface area contributed by atoms with Gasteiger partial charge in [0.2, 0.25) is 0 Å². The molecule has 150 valence electrons. The Hall–Kier alpha value is -2.21. The van der Waals surface area contributed by atoms with Crippen molar-refractivity contribution in [2.45, 2.75) is 45.4 Å². The molecule has 1 unspecified atom stereocenters. The lowest BCUT2D eigenvalue weighted by atomic mass is 9.95. The molecule has 1 amide bonds. The number of hydrogen-bond donors (Lipinski definition) is 1. The second-order valence-corrected chi connectivity index (χ2v) is 8.19. The Labute approximate surface area is 165 Å². The third-order valence-corrected chi connectivity index (χ3v) is 5.85. The van der Waals surface area contributed by atoms with Gasteiger partial charge in [0.1, 0.15) is 5.82 Å². The molecule has 2 aliphatic rings. The van der Waals surface area contributed by atoms with Crippen LogP contribution in [0.15, 0.2) is 24.3 Å². The molecular weight excluding hydrogens is 355 g/mol. The molecule has 1 aromatic heterocycles. The normalized spacial score (nSPS) is 18.1. The summed E-state index contributed by atoms with van der Waals surface area (Å²) >= 11 is 0. The second-order valence-electron chi connectivity index (χ2n) is 8.19. The summed E-state index contributed by atoms with van der Waals surface area (Å²) in [6.07, 6.45) is 6.51. The number of likely N-dealkylation sites (tertiary alicyclic amines) is 1. The Morgan fingerprint density at radius 3 is 2.61 bits per heavy atom. The summed E-state index contributed by atoms with van der Waals surface area (Å²) in [7, 11) is 0. The molecule has 0 spiro atoms. The van der Waals surface area contributed by atoms with Crippen LogP contribution in [0.1, 0.15) is 54.4 Å². The molecule has 28 heavy (non-hydrogen) atoms. The van der Waals surface area contributed by atoms with E-state index in [1.807, 2.05) is 4.68 Å². The predicted octanol–water partition coefficient (Wildman–Crippen LogP) is 3.35. The molecule has 0 saturated carbocycles. The van der Waals surface area contributed by atoms with Crippen LogP contribution in [-0.2, 0) is 12.8 Å². The van der Waals surface area contributed by atoms with Crippen LogP contribution in [0.5, 0.6) is 0 Å². The van der Waals surface area contributed by atoms with Crippen molar-refractivity contribution in [3.63, 3.8) is 0 Å². The van der Waals surface area contributed by atoms with Crippen LogP contribution in [0.2, 0.25) is 0 Å². The molecule has 0 radical (unpaired) electrons. The van der Waals surface area contributed by atoms with Gasteiger partial charge < -0.3 is 10.2 Å². The zero-order valence-electron chi connectivity index (χ0n) is 16.6. The fraction of sp³-hybridized carbons (Fsp3) is 0.545. The summed E-state index contributed by atoms with van der Waals surface area (Å²) in [4.78, 5) is 15.4. The van der Waals surface area contributed by atoms with Crippen LogP contribution in [0.3, 0.4) is 0 Å². The van der Waals surface area contributed by atoms with Crippen molar-refractivity contribution in [2.24, 2.45) is 5.92 Å². The van der Waals surface area contributed by atoms with Crippen LogP contribution in [0.4, 0.5) is 4.39 Å². The van der Waals surface area contributed by atoms with Gasteiger partial charge in [0, 0.05) is 24.3 Å². The number of benzene rings is 1. The van der Waals surface area contributed by atoms with Gasteiger partial charge in [-0.1, -0.05) is 6.92 Å². The van der Waals surface area contributed by atoms with Crippen molar-refractivity contribution in [1.82, 2.24) is 20.0 Å². The van der Waals surface area contributed by atoms with E-state index in [1.165, 1.54) is 38.1 Å². The van der Waals surface area contributed by atoms with E-state index in [2.05, 4.69) is 22.2 Å². The van der Waals surface area contributed by atoms with Crippen LogP contribution in [0.25, 0.3) is 5.69 Å². The van der Waals surface area contributed by atoms with Crippen LogP contribution in [0, 0.1) is 11.7 Å². The fourth-order valence-electron chi connectivity index (χ4n) is 4.40. The molecule has 1 aromatic carbocycles. The number of hydrogen-bond acceptors (Lipinski definition) is 3. The zero-order chi connectivity index (χ0) is 19.5. The lowest BCUT2D eigenvalue weighted by molar-refractivity contribution is 0.0938. The molecule has 1 fully saturated rings. The SMILES string of the molecule is CC(CNC(=O)c1nn(-c2ccc(F)cc2)c2c1CCCC2)CN1CCCC1. The van der Waals surface area contributed by atoms with E-state index in [-0.39, 0.29) is 11.7 Å². The summed E-state index contributed by atoms with van der Waals surface area (Å²) in [5.41, 5.74) is 3.49. The highest BCUT2D eigenvalue weighted by Gasteiger charge is 2.26. The molecule has 4 rings (SSSR count). The van der Waals surface area contributed by atoms with E-state index in [0.717, 1.165) is 49.2 Å². The van der Waals surface area contributed by atoms with E-state index in [0.29, 0.717) is 18.2 Å². The molecule has 1 atom stereocenters. The maximum Gasteiger partial charge on any atom is 0.272 e. The smallest absolute Gasteiger partial charge is 0.272 e. The van der Waals surface area contributed by atoms with Gasteiger partial charge in [-0.15, -0.1) is 0 Å². The molecule has 6 heteroatoms. The summed E-state index contributed by atoms with van der Waals surface area (Å²) in [6.45, 7) is 6.23. The van der Waals surface area contributed by atoms with Crippen molar-refractivity contribution in [2.75, 3.05) is 26.2 Å². The molecule has 2 heterocycles. The highest BCUT2D eigenvalue weighted by Crippen LogP contribution is 2.27. The van der Waals surface area contributed by atoms with E-state index in [1.54, 1.807) is 12.1 Å². The molecule has 1 N–H and O–H groups in total. The maximum absolute atomic E-state index is 13.3. The quantitative estimate of drug-likeness (QED) is 0.831. The number of nitrogens with one attached hydrogen (secondary N) is 1. The third-order valence-electron chi connectivity index (χ3n) is 5.85. The fourth-order valence-corrected chi connectivity index (χ4v) is 4.40. The van der Waals surface area contributed by atoms with Gasteiger partial charge in [-0.05, 0) is 81.8 Å². The highest BCUT2D eigenvalue weighted by molar-refractivity contribution is 5.94. The lowest BCUT2D eigenvalue weighted by Gasteiger charge is -2.20. The first-order chi connectivity index (χ1) is 13.6. The van der Waals surface area contributed by atoms with E-state index in [4.69, 9.17) is 0 Å². The third kappa shape index (κ3) is 4.12. The van der Waals surface area contributed by atoms with E-state index in [9.17, 15) is 9.18 Å². The van der Waals surface area contributed by atoms with Crippen molar-refractivity contribution >= 4 is 5.91 Å². The highest BCUT2D eigenvalue weighted by atomic mass is 19.1. The average Bonchev–Trinajstić information content (AvgIpc) is 3.35. The number of carbonyl (C=O) groups excluding carboxylic acids is 1. The summed E-state index contributed by atoms with van der Waals surface area (Å²) in [6, 6.07) is 6.31. The number of amides is 1. The monoisotopic (exact) mass is 384 g/mol. The first kappa shape index (κ1) is 19.1. The average molecular weight is 384 g/mol. The maximum atomic E-state index is 13.3. The van der Waals surface area contributed by atoms with Crippen LogP contribution < -0.4 is 5.32 Å². The zero-order valence-corrected chi connectivity index (χ0v) is 16.6. The molecule has 1 aliphatic heterocycles. The Balaban J connectivity index is 1.48. The van der Waals surface area contributed by atoms with Gasteiger partial charge in [0.05, 0.1) is 5.69 Å². The summed E-state index contributed by atoms with van der Waals surface area (Å²) < 4.78 is 15.1. The predicted molar refractivity (Wildman–Crippen MR) is 107 cm³/mol. The Morgan fingerprint density at radius 2 is 1.86 bits per heavy atom. The number of rotatable bonds is 6. The minimum absolute atomic E-state index is 0.0905.